The molecule has 2 heterocycles. The van der Waals surface area contributed by atoms with Crippen LogP contribution in [0.25, 0.3) is 0 Å². The van der Waals surface area contributed by atoms with Crippen LogP contribution in [0, 0.1) is 6.92 Å². The predicted octanol–water partition coefficient (Wildman–Crippen LogP) is -0.537. The van der Waals surface area contributed by atoms with Gasteiger partial charge in [-0.2, -0.15) is 0 Å². The first-order valence-corrected chi connectivity index (χ1v) is 5.25. The number of aliphatic hydroxyl groups is 1. The van der Waals surface area contributed by atoms with Crippen molar-refractivity contribution >= 4 is 0 Å². The van der Waals surface area contributed by atoms with Crippen LogP contribution in [-0.4, -0.2) is 33.5 Å². The summed E-state index contributed by atoms with van der Waals surface area (Å²) in [5.74, 6) is 0. The van der Waals surface area contributed by atoms with E-state index in [0.29, 0.717) is 5.56 Å². The molecule has 2 rings (SSSR count). The largest absolute Gasteiger partial charge is 0.394 e. The molecule has 0 saturated carbocycles. The summed E-state index contributed by atoms with van der Waals surface area (Å²) in [5.41, 5.74) is -0.771. The van der Waals surface area contributed by atoms with E-state index in [4.69, 9.17) is 9.84 Å². The fourth-order valence-electron chi connectivity index (χ4n) is 1.82. The third-order valence-electron chi connectivity index (χ3n) is 2.80. The predicted molar refractivity (Wildman–Crippen MR) is 56.6 cm³/mol. The van der Waals surface area contributed by atoms with Crippen LogP contribution in [0.1, 0.15) is 18.2 Å². The van der Waals surface area contributed by atoms with E-state index in [9.17, 15) is 14.0 Å². The lowest BCUT2D eigenvalue weighted by Gasteiger charge is -2.14. The quantitative estimate of drug-likeness (QED) is 0.732. The number of hydrogen-bond acceptors (Lipinski definition) is 4. The summed E-state index contributed by atoms with van der Waals surface area (Å²) >= 11 is 0. The van der Waals surface area contributed by atoms with E-state index in [1.807, 2.05) is 0 Å². The van der Waals surface area contributed by atoms with Gasteiger partial charge in [-0.3, -0.25) is 14.3 Å². The standard InChI is InChI=1S/C10H13FN2O4/c1-5-3-13(10(16)12-9(5)15)8-2-6(11)7(4-14)17-8/h3,6-8,14H,2,4H2,1H3,(H,12,15,16)/t6-,7?,8?/m0/s1. The van der Waals surface area contributed by atoms with Crippen LogP contribution >= 0.6 is 0 Å². The van der Waals surface area contributed by atoms with Crippen LogP contribution in [0.3, 0.4) is 0 Å². The number of nitrogens with zero attached hydrogens (tertiary/aromatic N) is 1. The fourth-order valence-corrected chi connectivity index (χ4v) is 1.82. The summed E-state index contributed by atoms with van der Waals surface area (Å²) in [7, 11) is 0. The maximum atomic E-state index is 13.4. The number of ether oxygens (including phenoxy) is 1. The number of aromatic nitrogens is 2. The number of aliphatic hydroxyl groups excluding tert-OH is 1. The molecule has 7 heteroatoms. The molecule has 1 aliphatic heterocycles. The van der Waals surface area contributed by atoms with Crippen molar-refractivity contribution in [3.05, 3.63) is 32.6 Å². The van der Waals surface area contributed by atoms with Gasteiger partial charge in [-0.15, -0.1) is 0 Å². The molecule has 3 atom stereocenters. The number of alkyl halides is 1. The Morgan fingerprint density at radius 3 is 2.94 bits per heavy atom. The van der Waals surface area contributed by atoms with E-state index in [2.05, 4.69) is 4.98 Å². The van der Waals surface area contributed by atoms with Gasteiger partial charge in [-0.1, -0.05) is 0 Å². The Kier molecular flexibility index (Phi) is 3.12. The van der Waals surface area contributed by atoms with Crippen molar-refractivity contribution < 1.29 is 14.2 Å². The first-order chi connectivity index (χ1) is 8.02. The van der Waals surface area contributed by atoms with Gasteiger partial charge in [0, 0.05) is 18.2 Å². The first kappa shape index (κ1) is 12.0. The van der Waals surface area contributed by atoms with Gasteiger partial charge in [0.1, 0.15) is 18.5 Å². The maximum Gasteiger partial charge on any atom is 0.330 e. The van der Waals surface area contributed by atoms with Gasteiger partial charge in [0.05, 0.1) is 6.61 Å². The zero-order valence-electron chi connectivity index (χ0n) is 9.22. The van der Waals surface area contributed by atoms with Gasteiger partial charge in [-0.05, 0) is 6.92 Å². The maximum absolute atomic E-state index is 13.4. The Morgan fingerprint density at radius 1 is 1.65 bits per heavy atom. The third kappa shape index (κ3) is 2.16. The number of aryl methyl sites for hydroxylation is 1. The normalized spacial score (nSPS) is 28.5. The average Bonchev–Trinajstić information content (AvgIpc) is 2.65. The fraction of sp³-hybridized carbons (Fsp3) is 0.600. The first-order valence-electron chi connectivity index (χ1n) is 5.25. The van der Waals surface area contributed by atoms with E-state index in [1.54, 1.807) is 6.92 Å². The summed E-state index contributed by atoms with van der Waals surface area (Å²) in [5, 5.41) is 8.86. The molecule has 0 bridgehead atoms. The summed E-state index contributed by atoms with van der Waals surface area (Å²) < 4.78 is 19.7. The number of rotatable bonds is 2. The summed E-state index contributed by atoms with van der Waals surface area (Å²) in [4.78, 5) is 24.8. The smallest absolute Gasteiger partial charge is 0.330 e. The zero-order chi connectivity index (χ0) is 12.6. The van der Waals surface area contributed by atoms with E-state index < -0.39 is 36.4 Å². The molecular weight excluding hydrogens is 231 g/mol. The molecule has 0 radical (unpaired) electrons. The highest BCUT2D eigenvalue weighted by molar-refractivity contribution is 5.02. The molecule has 1 aliphatic rings. The number of nitrogens with one attached hydrogen (secondary N) is 1. The molecule has 94 valence electrons. The summed E-state index contributed by atoms with van der Waals surface area (Å²) in [6.45, 7) is 1.11. The van der Waals surface area contributed by atoms with Crippen LogP contribution in [0.15, 0.2) is 15.8 Å². The lowest BCUT2D eigenvalue weighted by molar-refractivity contribution is -0.0356. The summed E-state index contributed by atoms with van der Waals surface area (Å²) in [6, 6.07) is 0. The van der Waals surface area contributed by atoms with Crippen LogP contribution in [0.4, 0.5) is 4.39 Å². The third-order valence-corrected chi connectivity index (χ3v) is 2.80. The highest BCUT2D eigenvalue weighted by atomic mass is 19.1. The minimum Gasteiger partial charge on any atom is -0.394 e. The van der Waals surface area contributed by atoms with Crippen molar-refractivity contribution in [2.45, 2.75) is 31.8 Å². The number of H-pyrrole nitrogens is 1. The molecule has 1 aromatic rings. The molecule has 2 unspecified atom stereocenters. The molecule has 0 aromatic carbocycles. The van der Waals surface area contributed by atoms with Crippen molar-refractivity contribution in [1.29, 1.82) is 0 Å². The Morgan fingerprint density at radius 2 is 2.35 bits per heavy atom. The molecule has 0 spiro atoms. The number of aromatic amines is 1. The number of halogens is 1. The molecule has 1 fully saturated rings. The van der Waals surface area contributed by atoms with Gasteiger partial charge in [-0.25, -0.2) is 9.18 Å². The van der Waals surface area contributed by atoms with Crippen molar-refractivity contribution in [3.8, 4) is 0 Å². The van der Waals surface area contributed by atoms with Gasteiger partial charge >= 0.3 is 5.69 Å². The van der Waals surface area contributed by atoms with Crippen LogP contribution in [0.2, 0.25) is 0 Å². The average molecular weight is 244 g/mol. The molecular formula is C10H13FN2O4. The Hall–Kier alpha value is -1.47. The van der Waals surface area contributed by atoms with E-state index >= 15 is 0 Å². The molecule has 0 aliphatic carbocycles. The number of hydrogen-bond donors (Lipinski definition) is 2. The van der Waals surface area contributed by atoms with E-state index in [1.165, 1.54) is 6.20 Å². The molecule has 17 heavy (non-hydrogen) atoms. The van der Waals surface area contributed by atoms with Gasteiger partial charge in [0.25, 0.3) is 5.56 Å². The van der Waals surface area contributed by atoms with Crippen molar-refractivity contribution in [2.24, 2.45) is 0 Å². The lowest BCUT2D eigenvalue weighted by Crippen LogP contribution is -2.33. The second kappa shape index (κ2) is 4.42. The van der Waals surface area contributed by atoms with Crippen molar-refractivity contribution in [1.82, 2.24) is 9.55 Å². The Bertz CT molecular complexity index is 524. The monoisotopic (exact) mass is 244 g/mol. The SMILES string of the molecule is Cc1cn(C2C[C@H](F)C(CO)O2)c(=O)[nH]c1=O. The minimum absolute atomic E-state index is 0.0172. The molecule has 0 amide bonds. The van der Waals surface area contributed by atoms with Gasteiger partial charge in [0.2, 0.25) is 0 Å². The van der Waals surface area contributed by atoms with Crippen LogP contribution in [0.5, 0.6) is 0 Å². The van der Waals surface area contributed by atoms with Crippen molar-refractivity contribution in [2.75, 3.05) is 6.61 Å². The minimum atomic E-state index is -1.32. The van der Waals surface area contributed by atoms with E-state index in [0.717, 1.165) is 4.57 Å². The lowest BCUT2D eigenvalue weighted by atomic mass is 10.2. The van der Waals surface area contributed by atoms with E-state index in [-0.39, 0.29) is 6.42 Å². The second-order valence-electron chi connectivity index (χ2n) is 4.04. The zero-order valence-corrected chi connectivity index (χ0v) is 9.22. The van der Waals surface area contributed by atoms with Gasteiger partial charge < -0.3 is 9.84 Å². The Labute approximate surface area is 95.7 Å². The van der Waals surface area contributed by atoms with Gasteiger partial charge in [0.15, 0.2) is 0 Å². The highest BCUT2D eigenvalue weighted by Crippen LogP contribution is 2.29. The highest BCUT2D eigenvalue weighted by Gasteiger charge is 2.36. The second-order valence-corrected chi connectivity index (χ2v) is 4.04. The molecule has 1 saturated heterocycles. The Balaban J connectivity index is 2.34. The molecule has 2 N–H and O–H groups in total. The molecule has 1 aromatic heterocycles. The topological polar surface area (TPSA) is 84.3 Å². The summed E-state index contributed by atoms with van der Waals surface area (Å²) in [6.07, 6.45) is -1.71. The van der Waals surface area contributed by atoms with Crippen LogP contribution in [-0.2, 0) is 4.74 Å². The molecule has 6 nitrogen and oxygen atoms in total. The van der Waals surface area contributed by atoms with Crippen LogP contribution < -0.4 is 11.2 Å². The van der Waals surface area contributed by atoms with Crippen molar-refractivity contribution in [3.63, 3.8) is 0 Å².